The molecule has 120 valence electrons. The van der Waals surface area contributed by atoms with Gasteiger partial charge in [-0.25, -0.2) is 4.68 Å². The Labute approximate surface area is 140 Å². The van der Waals surface area contributed by atoms with Gasteiger partial charge in [0.05, 0.1) is 5.69 Å². The number of halogens is 1. The highest BCUT2D eigenvalue weighted by Crippen LogP contribution is 2.47. The number of carbonyl (C=O) groups excluding carboxylic acids is 1. The van der Waals surface area contributed by atoms with Gasteiger partial charge in [0, 0.05) is 29.1 Å². The maximum atomic E-state index is 12.1. The number of aromatic nitrogens is 3. The molecular weight excluding hydrogens is 312 g/mol. The minimum absolute atomic E-state index is 0.0162. The summed E-state index contributed by atoms with van der Waals surface area (Å²) in [7, 11) is 0. The van der Waals surface area contributed by atoms with Crippen LogP contribution < -0.4 is 5.32 Å². The first-order chi connectivity index (χ1) is 11.1. The van der Waals surface area contributed by atoms with Gasteiger partial charge >= 0.3 is 0 Å². The zero-order valence-corrected chi connectivity index (χ0v) is 13.6. The van der Waals surface area contributed by atoms with E-state index in [1.807, 2.05) is 18.3 Å². The molecule has 1 heterocycles. The molecule has 2 saturated carbocycles. The molecule has 0 bridgehead atoms. The van der Waals surface area contributed by atoms with Crippen LogP contribution in [0, 0.1) is 0 Å². The molecule has 4 rings (SSSR count). The van der Waals surface area contributed by atoms with Crippen LogP contribution in [0.3, 0.4) is 0 Å². The summed E-state index contributed by atoms with van der Waals surface area (Å²) in [6.45, 7) is 0.897. The van der Waals surface area contributed by atoms with Gasteiger partial charge in [0.25, 0.3) is 0 Å². The average Bonchev–Trinajstić information content (AvgIpc) is 3.47. The summed E-state index contributed by atoms with van der Waals surface area (Å²) in [5, 5.41) is 11.9. The largest absolute Gasteiger partial charge is 0.354 e. The van der Waals surface area contributed by atoms with Crippen molar-refractivity contribution in [2.75, 3.05) is 6.54 Å². The Bertz CT molecular complexity index is 716. The fraction of sp³-hybridized carbons (Fsp3) is 0.471. The van der Waals surface area contributed by atoms with Crippen molar-refractivity contribution < 1.29 is 4.79 Å². The van der Waals surface area contributed by atoms with Crippen LogP contribution in [0.5, 0.6) is 0 Å². The van der Waals surface area contributed by atoms with Gasteiger partial charge < -0.3 is 5.32 Å². The Morgan fingerprint density at radius 3 is 2.70 bits per heavy atom. The molecule has 2 aliphatic carbocycles. The van der Waals surface area contributed by atoms with Gasteiger partial charge in [0.2, 0.25) is 5.91 Å². The van der Waals surface area contributed by atoms with Gasteiger partial charge in [-0.2, -0.15) is 0 Å². The van der Waals surface area contributed by atoms with Crippen molar-refractivity contribution in [2.45, 2.75) is 43.6 Å². The molecule has 1 aromatic heterocycles. The lowest BCUT2D eigenvalue weighted by molar-refractivity contribution is -0.122. The highest BCUT2D eigenvalue weighted by Gasteiger charge is 2.44. The van der Waals surface area contributed by atoms with Crippen molar-refractivity contribution in [1.82, 2.24) is 20.3 Å². The van der Waals surface area contributed by atoms with E-state index in [1.54, 1.807) is 4.68 Å². The topological polar surface area (TPSA) is 59.8 Å². The maximum Gasteiger partial charge on any atom is 0.241 e. The van der Waals surface area contributed by atoms with Gasteiger partial charge in [-0.05, 0) is 43.4 Å². The average molecular weight is 331 g/mol. The second-order valence-corrected chi connectivity index (χ2v) is 7.12. The Hall–Kier alpha value is -1.88. The number of hydrogen-bond donors (Lipinski definition) is 1. The van der Waals surface area contributed by atoms with E-state index >= 15 is 0 Å². The Morgan fingerprint density at radius 1 is 1.30 bits per heavy atom. The summed E-state index contributed by atoms with van der Waals surface area (Å²) in [4.78, 5) is 12.1. The van der Waals surface area contributed by atoms with Crippen molar-refractivity contribution in [3.8, 4) is 0 Å². The van der Waals surface area contributed by atoms with Crippen LogP contribution in [0.4, 0.5) is 0 Å². The summed E-state index contributed by atoms with van der Waals surface area (Å²) >= 11 is 5.94. The minimum atomic E-state index is -0.0162. The van der Waals surface area contributed by atoms with E-state index in [1.165, 1.54) is 18.4 Å². The minimum Gasteiger partial charge on any atom is -0.354 e. The zero-order valence-electron chi connectivity index (χ0n) is 12.8. The molecule has 2 aromatic rings. The third-order valence-electron chi connectivity index (χ3n) is 4.79. The number of hydrogen-bond acceptors (Lipinski definition) is 3. The van der Waals surface area contributed by atoms with Crippen molar-refractivity contribution in [1.29, 1.82) is 0 Å². The highest BCUT2D eigenvalue weighted by atomic mass is 35.5. The molecule has 0 unspecified atom stereocenters. The molecule has 1 amide bonds. The summed E-state index contributed by atoms with van der Waals surface area (Å²) in [6, 6.07) is 7.93. The maximum absolute atomic E-state index is 12.1. The number of amides is 1. The van der Waals surface area contributed by atoms with E-state index in [0.29, 0.717) is 12.5 Å². The second-order valence-electron chi connectivity index (χ2n) is 6.68. The van der Waals surface area contributed by atoms with Crippen molar-refractivity contribution >= 4 is 17.5 Å². The van der Waals surface area contributed by atoms with E-state index in [-0.39, 0.29) is 17.9 Å². The summed E-state index contributed by atoms with van der Waals surface area (Å²) in [6.07, 6.45) is 6.47. The highest BCUT2D eigenvalue weighted by molar-refractivity contribution is 6.30. The molecule has 1 N–H and O–H groups in total. The predicted octanol–water partition coefficient (Wildman–Crippen LogP) is 2.66. The lowest BCUT2D eigenvalue weighted by atomic mass is 9.96. The van der Waals surface area contributed by atoms with Crippen LogP contribution in [0.2, 0.25) is 5.02 Å². The Morgan fingerprint density at radius 2 is 2.04 bits per heavy atom. The molecule has 2 fully saturated rings. The third-order valence-corrected chi connectivity index (χ3v) is 5.04. The van der Waals surface area contributed by atoms with Gasteiger partial charge in [-0.1, -0.05) is 28.9 Å². The first kappa shape index (κ1) is 14.7. The van der Waals surface area contributed by atoms with Gasteiger partial charge in [-0.15, -0.1) is 5.10 Å². The predicted molar refractivity (Wildman–Crippen MR) is 87.4 cm³/mol. The van der Waals surface area contributed by atoms with Crippen molar-refractivity contribution in [3.05, 3.63) is 46.7 Å². The lowest BCUT2D eigenvalue weighted by Crippen LogP contribution is -2.34. The summed E-state index contributed by atoms with van der Waals surface area (Å²) in [5.41, 5.74) is 2.35. The molecule has 0 aliphatic heterocycles. The molecular formula is C17H19ClN4O. The van der Waals surface area contributed by atoms with Crippen LogP contribution >= 0.6 is 11.6 Å². The van der Waals surface area contributed by atoms with Gasteiger partial charge in [0.1, 0.15) is 6.54 Å². The number of nitrogens with one attached hydrogen (secondary N) is 1. The van der Waals surface area contributed by atoms with Gasteiger partial charge in [-0.3, -0.25) is 4.79 Å². The van der Waals surface area contributed by atoms with Crippen LogP contribution in [0.15, 0.2) is 30.5 Å². The SMILES string of the molecule is O=C(Cn1cc(C2CC2)nn1)NCC1(c2ccc(Cl)cc2)CC1. The smallest absolute Gasteiger partial charge is 0.241 e. The molecule has 2 aliphatic rings. The fourth-order valence-corrected chi connectivity index (χ4v) is 3.08. The Balaban J connectivity index is 1.33. The molecule has 6 heteroatoms. The van der Waals surface area contributed by atoms with Crippen molar-refractivity contribution in [3.63, 3.8) is 0 Å². The number of carbonyl (C=O) groups is 1. The van der Waals surface area contributed by atoms with E-state index in [0.717, 1.165) is 23.6 Å². The number of rotatable bonds is 6. The van der Waals surface area contributed by atoms with E-state index < -0.39 is 0 Å². The normalized spacial score (nSPS) is 18.7. The first-order valence-electron chi connectivity index (χ1n) is 8.07. The standard InChI is InChI=1S/C17H19ClN4O/c18-14-5-3-13(4-6-14)17(7-8-17)11-19-16(23)10-22-9-15(20-21-22)12-1-2-12/h3-6,9,12H,1-2,7-8,10-11H2,(H,19,23). The quantitative estimate of drug-likeness (QED) is 0.885. The zero-order chi connectivity index (χ0) is 15.9. The molecule has 0 saturated heterocycles. The van der Waals surface area contributed by atoms with Crippen LogP contribution in [0.1, 0.15) is 42.9 Å². The summed E-state index contributed by atoms with van der Waals surface area (Å²) in [5.74, 6) is 0.545. The first-order valence-corrected chi connectivity index (χ1v) is 8.45. The van der Waals surface area contributed by atoms with Crippen molar-refractivity contribution in [2.24, 2.45) is 0 Å². The van der Waals surface area contributed by atoms with E-state index in [4.69, 9.17) is 11.6 Å². The van der Waals surface area contributed by atoms with E-state index in [2.05, 4.69) is 27.8 Å². The molecule has 5 nitrogen and oxygen atoms in total. The fourth-order valence-electron chi connectivity index (χ4n) is 2.95. The molecule has 1 aromatic carbocycles. The van der Waals surface area contributed by atoms with Crippen LogP contribution in [0.25, 0.3) is 0 Å². The third kappa shape index (κ3) is 3.24. The molecule has 0 radical (unpaired) electrons. The lowest BCUT2D eigenvalue weighted by Gasteiger charge is -2.16. The van der Waals surface area contributed by atoms with Crippen LogP contribution in [-0.2, 0) is 16.8 Å². The van der Waals surface area contributed by atoms with Crippen LogP contribution in [-0.4, -0.2) is 27.4 Å². The molecule has 0 spiro atoms. The number of nitrogens with zero attached hydrogens (tertiary/aromatic N) is 3. The monoisotopic (exact) mass is 330 g/mol. The second kappa shape index (κ2) is 5.64. The summed E-state index contributed by atoms with van der Waals surface area (Å²) < 4.78 is 1.63. The van der Waals surface area contributed by atoms with Gasteiger partial charge in [0.15, 0.2) is 0 Å². The molecule has 0 atom stereocenters. The number of benzene rings is 1. The van der Waals surface area contributed by atoms with E-state index in [9.17, 15) is 4.79 Å². The Kier molecular flexibility index (Phi) is 3.60. The molecule has 23 heavy (non-hydrogen) atoms.